The van der Waals surface area contributed by atoms with E-state index in [2.05, 4.69) is 0 Å². The molecule has 0 aromatic rings. The maximum Gasteiger partial charge on any atom is 2.00 e. The second kappa shape index (κ2) is 8.76. The standard InChI is InChI=1S/C7H10N.C5H5.Fe/c1-6(8)7-4-2-3-5-7;1-2-4-5-3-1;/h2-6H,8H2,1H3;1-5H;/q;;+2. The fraction of sp³-hybridized carbons (Fsp3) is 0.167. The first-order chi connectivity index (χ1) is 6.30. The van der Waals surface area contributed by atoms with Crippen LogP contribution in [0, 0.1) is 63.7 Å². The second-order valence-electron chi connectivity index (χ2n) is 2.97. The Bertz CT molecular complexity index is 108. The van der Waals surface area contributed by atoms with Crippen molar-refractivity contribution < 1.29 is 17.1 Å². The van der Waals surface area contributed by atoms with E-state index in [0.717, 1.165) is 0 Å². The van der Waals surface area contributed by atoms with Crippen LogP contribution in [0.25, 0.3) is 0 Å². The summed E-state index contributed by atoms with van der Waals surface area (Å²) >= 11 is 0. The minimum atomic E-state index is 0. The van der Waals surface area contributed by atoms with Gasteiger partial charge >= 0.3 is 17.1 Å². The largest absolute Gasteiger partial charge is 2.00 e. The molecule has 2 aliphatic rings. The average Bonchev–Trinajstić information content (AvgIpc) is 2.82. The summed E-state index contributed by atoms with van der Waals surface area (Å²) in [4.78, 5) is 0. The Morgan fingerprint density at radius 3 is 1.43 bits per heavy atom. The molecule has 0 aromatic carbocycles. The molecule has 1 nitrogen and oxygen atoms in total. The van der Waals surface area contributed by atoms with Crippen molar-refractivity contribution in [3.8, 4) is 0 Å². The van der Waals surface area contributed by atoms with Crippen molar-refractivity contribution in [2.24, 2.45) is 5.73 Å². The molecule has 10 radical (unpaired) electrons. The molecular formula is C12H15FeN+2. The zero-order valence-electron chi connectivity index (χ0n) is 8.20. The fourth-order valence-electron chi connectivity index (χ4n) is 1.01. The summed E-state index contributed by atoms with van der Waals surface area (Å²) in [6.07, 6.45) is 18.1. The Morgan fingerprint density at radius 2 is 1.21 bits per heavy atom. The molecule has 2 heteroatoms. The van der Waals surface area contributed by atoms with E-state index in [4.69, 9.17) is 5.73 Å². The Kier molecular flexibility index (Phi) is 9.06. The van der Waals surface area contributed by atoms with E-state index >= 15 is 0 Å². The SMILES string of the molecule is CC(N)[C]1[CH][CH][CH][CH]1.[CH]1[CH][CH][CH][CH]1.[Fe+2]. The molecule has 0 aliphatic heterocycles. The van der Waals surface area contributed by atoms with E-state index in [1.807, 2.05) is 64.7 Å². The van der Waals surface area contributed by atoms with Crippen molar-refractivity contribution in [3.63, 3.8) is 0 Å². The summed E-state index contributed by atoms with van der Waals surface area (Å²) in [6, 6.07) is 0.185. The Balaban J connectivity index is 0.000000246. The predicted molar refractivity (Wildman–Crippen MR) is 55.6 cm³/mol. The van der Waals surface area contributed by atoms with Gasteiger partial charge in [-0.05, 0) is 70.6 Å². The molecule has 0 spiro atoms. The van der Waals surface area contributed by atoms with Crippen molar-refractivity contribution in [3.05, 3.63) is 63.7 Å². The predicted octanol–water partition coefficient (Wildman–Crippen LogP) is 1.76. The normalized spacial score (nSPS) is 23.6. The maximum absolute atomic E-state index is 5.56. The molecule has 14 heavy (non-hydrogen) atoms. The third-order valence-electron chi connectivity index (χ3n) is 1.77. The monoisotopic (exact) mass is 229 g/mol. The number of nitrogens with two attached hydrogens (primary N) is 1. The summed E-state index contributed by atoms with van der Waals surface area (Å²) in [5.41, 5.74) is 5.56. The summed E-state index contributed by atoms with van der Waals surface area (Å²) in [5.74, 6) is 1.21. The van der Waals surface area contributed by atoms with E-state index in [1.165, 1.54) is 5.92 Å². The van der Waals surface area contributed by atoms with Crippen molar-refractivity contribution >= 4 is 0 Å². The molecule has 1 atom stereocenters. The van der Waals surface area contributed by atoms with Crippen LogP contribution in [-0.4, -0.2) is 6.04 Å². The zero-order valence-corrected chi connectivity index (χ0v) is 9.31. The summed E-state index contributed by atoms with van der Waals surface area (Å²) < 4.78 is 0. The molecule has 2 rings (SSSR count). The third-order valence-corrected chi connectivity index (χ3v) is 1.77. The van der Waals surface area contributed by atoms with Crippen LogP contribution in [0.4, 0.5) is 0 Å². The Morgan fingerprint density at radius 1 is 0.857 bits per heavy atom. The average molecular weight is 229 g/mol. The first kappa shape index (κ1) is 14.5. The van der Waals surface area contributed by atoms with Crippen LogP contribution in [-0.2, 0) is 17.1 Å². The van der Waals surface area contributed by atoms with Crippen molar-refractivity contribution in [1.82, 2.24) is 0 Å². The molecule has 0 amide bonds. The molecular weight excluding hydrogens is 214 g/mol. The molecule has 0 saturated heterocycles. The second-order valence-corrected chi connectivity index (χ2v) is 2.97. The minimum Gasteiger partial charge on any atom is -0.327 e. The molecule has 0 heterocycles. The van der Waals surface area contributed by atoms with Gasteiger partial charge in [0.1, 0.15) is 0 Å². The molecule has 74 valence electrons. The molecule has 2 N–H and O–H groups in total. The number of hydrogen-bond acceptors (Lipinski definition) is 1. The Hall–Kier alpha value is 0.479. The van der Waals surface area contributed by atoms with Gasteiger partial charge in [-0.2, -0.15) is 0 Å². The van der Waals surface area contributed by atoms with Gasteiger partial charge in [-0.1, -0.05) is 0 Å². The quantitative estimate of drug-likeness (QED) is 0.681. The van der Waals surface area contributed by atoms with Gasteiger partial charge in [0.15, 0.2) is 0 Å². The summed E-state index contributed by atoms with van der Waals surface area (Å²) in [6.45, 7) is 1.98. The van der Waals surface area contributed by atoms with Crippen LogP contribution in [0.2, 0.25) is 0 Å². The van der Waals surface area contributed by atoms with Crippen LogP contribution in [0.3, 0.4) is 0 Å². The van der Waals surface area contributed by atoms with E-state index in [1.54, 1.807) is 0 Å². The topological polar surface area (TPSA) is 26.0 Å². The van der Waals surface area contributed by atoms with Crippen LogP contribution in [0.1, 0.15) is 6.92 Å². The van der Waals surface area contributed by atoms with Gasteiger partial charge in [-0.15, -0.1) is 0 Å². The van der Waals surface area contributed by atoms with Crippen LogP contribution >= 0.6 is 0 Å². The first-order valence-corrected chi connectivity index (χ1v) is 4.44. The van der Waals surface area contributed by atoms with E-state index in [0.29, 0.717) is 0 Å². The number of hydrogen-bond donors (Lipinski definition) is 1. The van der Waals surface area contributed by atoms with E-state index < -0.39 is 0 Å². The van der Waals surface area contributed by atoms with Gasteiger partial charge < -0.3 is 5.73 Å². The minimum absolute atomic E-state index is 0. The van der Waals surface area contributed by atoms with Gasteiger partial charge in [0.2, 0.25) is 0 Å². The van der Waals surface area contributed by atoms with Gasteiger partial charge in [0.05, 0.1) is 0 Å². The Labute approximate surface area is 99.7 Å². The van der Waals surface area contributed by atoms with Gasteiger partial charge in [-0.25, -0.2) is 0 Å². The summed E-state index contributed by atoms with van der Waals surface area (Å²) in [7, 11) is 0. The van der Waals surface area contributed by atoms with Crippen molar-refractivity contribution in [2.75, 3.05) is 0 Å². The molecule has 0 bridgehead atoms. The number of rotatable bonds is 1. The van der Waals surface area contributed by atoms with Crippen molar-refractivity contribution in [2.45, 2.75) is 13.0 Å². The maximum atomic E-state index is 5.56. The first-order valence-electron chi connectivity index (χ1n) is 4.44. The van der Waals surface area contributed by atoms with Crippen molar-refractivity contribution in [1.29, 1.82) is 0 Å². The smallest absolute Gasteiger partial charge is 0.327 e. The molecule has 0 aromatic heterocycles. The van der Waals surface area contributed by atoms with E-state index in [9.17, 15) is 0 Å². The van der Waals surface area contributed by atoms with Gasteiger partial charge in [0.25, 0.3) is 0 Å². The molecule has 2 aliphatic carbocycles. The summed E-state index contributed by atoms with van der Waals surface area (Å²) in [5, 5.41) is 0. The molecule has 1 unspecified atom stereocenters. The van der Waals surface area contributed by atoms with Crippen LogP contribution < -0.4 is 5.73 Å². The zero-order chi connectivity index (χ0) is 9.52. The van der Waals surface area contributed by atoms with E-state index in [-0.39, 0.29) is 23.1 Å². The fourth-order valence-corrected chi connectivity index (χ4v) is 1.01. The van der Waals surface area contributed by atoms with Crippen LogP contribution in [0.15, 0.2) is 0 Å². The van der Waals surface area contributed by atoms with Crippen LogP contribution in [0.5, 0.6) is 0 Å². The molecule has 2 fully saturated rings. The van der Waals surface area contributed by atoms with Gasteiger partial charge in [0, 0.05) is 6.04 Å². The molecule has 2 saturated carbocycles. The van der Waals surface area contributed by atoms with Gasteiger partial charge in [-0.3, -0.25) is 0 Å². The third kappa shape index (κ3) is 6.06.